The van der Waals surface area contributed by atoms with Crippen LogP contribution in [0, 0.1) is 10.8 Å². The van der Waals surface area contributed by atoms with Crippen molar-refractivity contribution < 1.29 is 19.8 Å². The zero-order valence-corrected chi connectivity index (χ0v) is 26.9. The van der Waals surface area contributed by atoms with Crippen molar-refractivity contribution in [3.8, 4) is 0 Å². The zero-order valence-electron chi connectivity index (χ0n) is 26.9. The molecule has 0 aliphatic heterocycles. The molecule has 0 saturated carbocycles. The van der Waals surface area contributed by atoms with Crippen LogP contribution in [0.15, 0.2) is 130 Å². The van der Waals surface area contributed by atoms with E-state index in [2.05, 4.69) is 0 Å². The first-order chi connectivity index (χ1) is 19.5. The minimum absolute atomic E-state index is 0.189. The maximum atomic E-state index is 12.1. The van der Waals surface area contributed by atoms with Gasteiger partial charge in [0.15, 0.2) is 11.6 Å². The molecule has 2 aliphatic carbocycles. The molecule has 0 heterocycles. The van der Waals surface area contributed by atoms with E-state index in [9.17, 15) is 19.8 Å². The van der Waals surface area contributed by atoms with E-state index in [4.69, 9.17) is 0 Å². The molecular formula is C38H48O4. The number of aliphatic hydroxyl groups is 2. The molecule has 0 unspecified atom stereocenters. The standard InChI is InChI=1S/C38H48O4/c1-25(17-13-19-27(3)21-23-31-29(5)33(39)35(41)37(31,7)8)15-11-12-16-26(2)18-14-20-28(4)22-24-32-30(6)34(40)36(42)38(32,9)10/h11-24,35-36,41-42H,1-10H3/b12-11+,17-13+,18-14+,23-21+,24-22+,25-15+,26-16+,27-19+,28-20+/t35-,36-/m1/s1. The summed E-state index contributed by atoms with van der Waals surface area (Å²) in [6.07, 6.45) is 26.1. The number of hydrogen-bond donors (Lipinski definition) is 2. The van der Waals surface area contributed by atoms with Gasteiger partial charge in [0, 0.05) is 10.8 Å². The lowest BCUT2D eigenvalue weighted by molar-refractivity contribution is -0.126. The van der Waals surface area contributed by atoms with Crippen molar-refractivity contribution in [2.45, 2.75) is 81.4 Å². The molecule has 0 saturated heterocycles. The fraction of sp³-hybridized carbons (Fsp3) is 0.368. The molecule has 2 atom stereocenters. The lowest BCUT2D eigenvalue weighted by Crippen LogP contribution is -2.30. The van der Waals surface area contributed by atoms with E-state index in [1.165, 1.54) is 0 Å². The minimum atomic E-state index is -0.978. The van der Waals surface area contributed by atoms with E-state index in [1.54, 1.807) is 13.8 Å². The SMILES string of the molecule is CC1=C(/C=C/C(C)=C/C=C/C(C)=C/C=C/C=C(C)/C=C/C=C(C)/C=C/C2=C(C)C(=O)[C@@H](O)C2(C)C)C(C)(C)[C@H](O)C1=O. The van der Waals surface area contributed by atoms with Crippen molar-refractivity contribution in [3.63, 3.8) is 0 Å². The van der Waals surface area contributed by atoms with Crippen LogP contribution in [0.1, 0.15) is 69.2 Å². The first-order valence-corrected chi connectivity index (χ1v) is 14.5. The Balaban J connectivity index is 1.92. The van der Waals surface area contributed by atoms with Gasteiger partial charge in [0.05, 0.1) is 0 Å². The maximum Gasteiger partial charge on any atom is 0.188 e. The highest BCUT2D eigenvalue weighted by Crippen LogP contribution is 2.42. The van der Waals surface area contributed by atoms with E-state index in [-0.39, 0.29) is 11.6 Å². The Labute approximate surface area is 253 Å². The van der Waals surface area contributed by atoms with Crippen molar-refractivity contribution in [2.24, 2.45) is 10.8 Å². The Bertz CT molecular complexity index is 1310. The second-order valence-corrected chi connectivity index (χ2v) is 12.5. The van der Waals surface area contributed by atoms with E-state index < -0.39 is 23.0 Å². The highest BCUT2D eigenvalue weighted by atomic mass is 16.3. The molecular weight excluding hydrogens is 520 g/mol. The number of aliphatic hydroxyl groups excluding tert-OH is 2. The number of rotatable bonds is 10. The Hall–Kier alpha value is -3.60. The molecule has 224 valence electrons. The summed E-state index contributed by atoms with van der Waals surface area (Å²) < 4.78 is 0. The molecule has 0 amide bonds. The van der Waals surface area contributed by atoms with Gasteiger partial charge in [-0.15, -0.1) is 0 Å². The molecule has 0 spiro atoms. The second-order valence-electron chi connectivity index (χ2n) is 12.5. The predicted molar refractivity (Wildman–Crippen MR) is 176 cm³/mol. The molecule has 2 aliphatic rings. The Morgan fingerprint density at radius 2 is 0.833 bits per heavy atom. The highest BCUT2D eigenvalue weighted by molar-refractivity contribution is 6.04. The number of Topliss-reactive ketones (excluding diaryl/α,β-unsaturated/α-hetero) is 2. The van der Waals surface area contributed by atoms with Gasteiger partial charge in [-0.1, -0.05) is 135 Å². The van der Waals surface area contributed by atoms with E-state index in [0.29, 0.717) is 11.1 Å². The van der Waals surface area contributed by atoms with Gasteiger partial charge in [0.25, 0.3) is 0 Å². The van der Waals surface area contributed by atoms with Crippen LogP contribution in [-0.2, 0) is 9.59 Å². The maximum absolute atomic E-state index is 12.1. The average Bonchev–Trinajstić information content (AvgIpc) is 3.16. The van der Waals surface area contributed by atoms with Crippen molar-refractivity contribution in [2.75, 3.05) is 0 Å². The van der Waals surface area contributed by atoms with Crippen molar-refractivity contribution in [1.29, 1.82) is 0 Å². The van der Waals surface area contributed by atoms with Crippen molar-refractivity contribution in [1.82, 2.24) is 0 Å². The molecule has 0 aromatic carbocycles. The molecule has 4 nitrogen and oxygen atoms in total. The summed E-state index contributed by atoms with van der Waals surface area (Å²) in [7, 11) is 0. The van der Waals surface area contributed by atoms with Crippen molar-refractivity contribution >= 4 is 11.6 Å². The second kappa shape index (κ2) is 14.5. The van der Waals surface area contributed by atoms with Gasteiger partial charge in [0.1, 0.15) is 12.2 Å². The normalized spacial score (nSPS) is 24.6. The van der Waals surface area contributed by atoms with Gasteiger partial charge < -0.3 is 10.2 Å². The first kappa shape index (κ1) is 34.6. The average molecular weight is 569 g/mol. The smallest absolute Gasteiger partial charge is 0.188 e. The number of carbonyl (C=O) groups excluding carboxylic acids is 2. The van der Waals surface area contributed by atoms with E-state index in [0.717, 1.165) is 33.4 Å². The molecule has 0 radical (unpaired) electrons. The lowest BCUT2D eigenvalue weighted by atomic mass is 9.83. The number of carbonyl (C=O) groups is 2. The number of allylic oxidation sites excluding steroid dienone is 18. The molecule has 0 aromatic rings. The first-order valence-electron chi connectivity index (χ1n) is 14.5. The van der Waals surface area contributed by atoms with Gasteiger partial charge in [-0.05, 0) is 63.8 Å². The van der Waals surface area contributed by atoms with Crippen LogP contribution in [-0.4, -0.2) is 34.0 Å². The quantitative estimate of drug-likeness (QED) is 0.261. The van der Waals surface area contributed by atoms with E-state index in [1.807, 2.05) is 140 Å². The van der Waals surface area contributed by atoms with Crippen LogP contribution < -0.4 is 0 Å². The van der Waals surface area contributed by atoms with E-state index >= 15 is 0 Å². The molecule has 2 rings (SSSR count). The Morgan fingerprint density at radius 1 is 0.548 bits per heavy atom. The third kappa shape index (κ3) is 8.47. The summed E-state index contributed by atoms with van der Waals surface area (Å²) in [5, 5.41) is 20.4. The fourth-order valence-electron chi connectivity index (χ4n) is 5.04. The molecule has 4 heteroatoms. The van der Waals surface area contributed by atoms with Crippen LogP contribution in [0.4, 0.5) is 0 Å². The predicted octanol–water partition coefficient (Wildman–Crippen LogP) is 8.13. The summed E-state index contributed by atoms with van der Waals surface area (Å²) in [5.41, 5.74) is 6.21. The third-order valence-corrected chi connectivity index (χ3v) is 8.09. The van der Waals surface area contributed by atoms with Crippen LogP contribution >= 0.6 is 0 Å². The lowest BCUT2D eigenvalue weighted by Gasteiger charge is -2.24. The fourth-order valence-corrected chi connectivity index (χ4v) is 5.04. The largest absolute Gasteiger partial charge is 0.384 e. The van der Waals surface area contributed by atoms with Gasteiger partial charge in [0.2, 0.25) is 0 Å². The minimum Gasteiger partial charge on any atom is -0.384 e. The molecule has 42 heavy (non-hydrogen) atoms. The topological polar surface area (TPSA) is 74.6 Å². The van der Waals surface area contributed by atoms with Gasteiger partial charge >= 0.3 is 0 Å². The van der Waals surface area contributed by atoms with Crippen LogP contribution in [0.2, 0.25) is 0 Å². The summed E-state index contributed by atoms with van der Waals surface area (Å²) >= 11 is 0. The molecule has 0 fully saturated rings. The van der Waals surface area contributed by atoms with Crippen molar-refractivity contribution in [3.05, 3.63) is 130 Å². The number of hydrogen-bond acceptors (Lipinski definition) is 4. The summed E-state index contributed by atoms with van der Waals surface area (Å²) in [6.45, 7) is 19.2. The van der Waals surface area contributed by atoms with Gasteiger partial charge in [-0.2, -0.15) is 0 Å². The molecule has 0 bridgehead atoms. The summed E-state index contributed by atoms with van der Waals surface area (Å²) in [5.74, 6) is -0.378. The third-order valence-electron chi connectivity index (χ3n) is 8.09. The monoisotopic (exact) mass is 568 g/mol. The molecule has 0 aromatic heterocycles. The van der Waals surface area contributed by atoms with Crippen LogP contribution in [0.25, 0.3) is 0 Å². The van der Waals surface area contributed by atoms with Gasteiger partial charge in [-0.3, -0.25) is 9.59 Å². The highest BCUT2D eigenvalue weighted by Gasteiger charge is 2.44. The number of ketones is 2. The van der Waals surface area contributed by atoms with Crippen LogP contribution in [0.5, 0.6) is 0 Å². The summed E-state index contributed by atoms with van der Waals surface area (Å²) in [6, 6.07) is 0. The summed E-state index contributed by atoms with van der Waals surface area (Å²) in [4.78, 5) is 24.3. The van der Waals surface area contributed by atoms with Gasteiger partial charge in [-0.25, -0.2) is 0 Å². The zero-order chi connectivity index (χ0) is 31.8. The van der Waals surface area contributed by atoms with Crippen LogP contribution in [0.3, 0.4) is 0 Å². The molecule has 2 N–H and O–H groups in total. The Kier molecular flexibility index (Phi) is 12.0. The Morgan fingerprint density at radius 3 is 1.12 bits per heavy atom.